The Morgan fingerprint density at radius 2 is 1.94 bits per heavy atom. The van der Waals surface area contributed by atoms with Crippen molar-refractivity contribution in [3.05, 3.63) is 28.8 Å². The number of anilines is 1. The summed E-state index contributed by atoms with van der Waals surface area (Å²) in [5.41, 5.74) is 3.75. The number of benzene rings is 1. The van der Waals surface area contributed by atoms with E-state index < -0.39 is 6.04 Å². The Morgan fingerprint density at radius 3 is 2.56 bits per heavy atom. The molecule has 0 unspecified atom stereocenters. The SMILES string of the molecule is CC(=O)N[C@H]1C(=O)Nc2c(C)ccc(C)c21. The smallest absolute Gasteiger partial charge is 0.251 e. The molecular weight excluding hydrogens is 204 g/mol. The maximum atomic E-state index is 11.7. The molecule has 0 aliphatic carbocycles. The van der Waals surface area contributed by atoms with Crippen molar-refractivity contribution in [2.75, 3.05) is 5.32 Å². The zero-order valence-electron chi connectivity index (χ0n) is 9.55. The van der Waals surface area contributed by atoms with Crippen molar-refractivity contribution < 1.29 is 9.59 Å². The van der Waals surface area contributed by atoms with E-state index in [2.05, 4.69) is 10.6 Å². The second-order valence-corrected chi connectivity index (χ2v) is 4.11. The highest BCUT2D eigenvalue weighted by molar-refractivity contribution is 6.05. The Balaban J connectivity index is 2.51. The number of nitrogens with one attached hydrogen (secondary N) is 2. The molecule has 4 nitrogen and oxygen atoms in total. The summed E-state index contributed by atoms with van der Waals surface area (Å²) in [6.45, 7) is 5.29. The highest BCUT2D eigenvalue weighted by Gasteiger charge is 2.33. The fourth-order valence-corrected chi connectivity index (χ4v) is 2.04. The Hall–Kier alpha value is -1.84. The Kier molecular flexibility index (Phi) is 2.42. The van der Waals surface area contributed by atoms with Gasteiger partial charge < -0.3 is 10.6 Å². The van der Waals surface area contributed by atoms with Crippen LogP contribution in [0.5, 0.6) is 0 Å². The average molecular weight is 218 g/mol. The third-order valence-electron chi connectivity index (χ3n) is 2.82. The van der Waals surface area contributed by atoms with Crippen molar-refractivity contribution in [2.45, 2.75) is 26.8 Å². The van der Waals surface area contributed by atoms with E-state index >= 15 is 0 Å². The molecule has 4 heteroatoms. The standard InChI is InChI=1S/C12H14N2O2/c1-6-4-5-7(2)10-9(6)11(12(16)14-10)13-8(3)15/h4-5,11H,1-3H3,(H,13,15)(H,14,16)/t11-/m1/s1. The van der Waals surface area contributed by atoms with Crippen LogP contribution in [0.4, 0.5) is 5.69 Å². The second kappa shape index (κ2) is 3.63. The van der Waals surface area contributed by atoms with Gasteiger partial charge in [0.25, 0.3) is 5.91 Å². The van der Waals surface area contributed by atoms with E-state index in [0.717, 1.165) is 22.4 Å². The third kappa shape index (κ3) is 1.56. The molecule has 0 spiro atoms. The van der Waals surface area contributed by atoms with Gasteiger partial charge in [0.15, 0.2) is 0 Å². The van der Waals surface area contributed by atoms with E-state index in [0.29, 0.717) is 0 Å². The predicted molar refractivity (Wildman–Crippen MR) is 61.1 cm³/mol. The Labute approximate surface area is 94.0 Å². The molecule has 2 amide bonds. The summed E-state index contributed by atoms with van der Waals surface area (Å²) < 4.78 is 0. The van der Waals surface area contributed by atoms with Crippen molar-refractivity contribution in [2.24, 2.45) is 0 Å². The van der Waals surface area contributed by atoms with Crippen molar-refractivity contribution in [3.8, 4) is 0 Å². The first-order chi connectivity index (χ1) is 7.50. The van der Waals surface area contributed by atoms with Gasteiger partial charge in [-0.05, 0) is 25.0 Å². The molecule has 84 valence electrons. The Morgan fingerprint density at radius 1 is 1.31 bits per heavy atom. The second-order valence-electron chi connectivity index (χ2n) is 4.11. The highest BCUT2D eigenvalue weighted by atomic mass is 16.2. The van der Waals surface area contributed by atoms with Crippen LogP contribution >= 0.6 is 0 Å². The summed E-state index contributed by atoms with van der Waals surface area (Å²) in [7, 11) is 0. The van der Waals surface area contributed by atoms with Gasteiger partial charge in [-0.2, -0.15) is 0 Å². The van der Waals surface area contributed by atoms with E-state index in [-0.39, 0.29) is 11.8 Å². The zero-order chi connectivity index (χ0) is 11.9. The third-order valence-corrected chi connectivity index (χ3v) is 2.82. The molecule has 0 bridgehead atoms. The first-order valence-electron chi connectivity index (χ1n) is 5.18. The summed E-state index contributed by atoms with van der Waals surface area (Å²) in [5, 5.41) is 5.47. The fourth-order valence-electron chi connectivity index (χ4n) is 2.04. The van der Waals surface area contributed by atoms with E-state index in [1.54, 1.807) is 0 Å². The summed E-state index contributed by atoms with van der Waals surface area (Å²) in [5.74, 6) is -0.364. The number of hydrogen-bond acceptors (Lipinski definition) is 2. The van der Waals surface area contributed by atoms with E-state index in [9.17, 15) is 9.59 Å². The molecule has 0 saturated heterocycles. The normalized spacial score (nSPS) is 17.9. The van der Waals surface area contributed by atoms with Gasteiger partial charge in [0, 0.05) is 18.2 Å². The van der Waals surface area contributed by atoms with Gasteiger partial charge in [0.05, 0.1) is 0 Å². The lowest BCUT2D eigenvalue weighted by molar-refractivity contribution is -0.124. The summed E-state index contributed by atoms with van der Waals surface area (Å²) >= 11 is 0. The number of amides is 2. The van der Waals surface area contributed by atoms with Gasteiger partial charge in [-0.1, -0.05) is 12.1 Å². The van der Waals surface area contributed by atoms with Crippen LogP contribution < -0.4 is 10.6 Å². The molecule has 1 aromatic rings. The fraction of sp³-hybridized carbons (Fsp3) is 0.333. The number of carbonyl (C=O) groups is 2. The van der Waals surface area contributed by atoms with E-state index in [1.807, 2.05) is 26.0 Å². The Bertz CT molecular complexity index is 480. The van der Waals surface area contributed by atoms with Crippen LogP contribution in [0.25, 0.3) is 0 Å². The largest absolute Gasteiger partial charge is 0.341 e. The average Bonchev–Trinajstić information content (AvgIpc) is 2.51. The van der Waals surface area contributed by atoms with Crippen LogP contribution in [0.1, 0.15) is 29.7 Å². The first kappa shape index (κ1) is 10.7. The molecule has 2 rings (SSSR count). The minimum Gasteiger partial charge on any atom is -0.341 e. The van der Waals surface area contributed by atoms with Crippen LogP contribution in [-0.2, 0) is 9.59 Å². The molecule has 2 N–H and O–H groups in total. The van der Waals surface area contributed by atoms with Crippen LogP contribution in [0.2, 0.25) is 0 Å². The highest BCUT2D eigenvalue weighted by Crippen LogP contribution is 2.35. The summed E-state index contributed by atoms with van der Waals surface area (Å²) in [6.07, 6.45) is 0. The number of hydrogen-bond donors (Lipinski definition) is 2. The zero-order valence-corrected chi connectivity index (χ0v) is 9.55. The molecule has 1 aliphatic heterocycles. The molecule has 1 aromatic carbocycles. The quantitative estimate of drug-likeness (QED) is 0.749. The molecule has 0 fully saturated rings. The van der Waals surface area contributed by atoms with Crippen LogP contribution in [0.3, 0.4) is 0 Å². The minimum absolute atomic E-state index is 0.164. The molecule has 0 saturated carbocycles. The maximum Gasteiger partial charge on any atom is 0.251 e. The lowest BCUT2D eigenvalue weighted by Crippen LogP contribution is -2.31. The molecule has 0 radical (unpaired) electrons. The van der Waals surface area contributed by atoms with E-state index in [1.165, 1.54) is 6.92 Å². The lowest BCUT2D eigenvalue weighted by atomic mass is 9.99. The molecule has 1 aliphatic rings. The molecular formula is C12H14N2O2. The van der Waals surface area contributed by atoms with Gasteiger partial charge >= 0.3 is 0 Å². The molecule has 1 atom stereocenters. The van der Waals surface area contributed by atoms with Gasteiger partial charge in [-0.3, -0.25) is 9.59 Å². The van der Waals surface area contributed by atoms with Gasteiger partial charge in [-0.25, -0.2) is 0 Å². The number of carbonyl (C=O) groups excluding carboxylic acids is 2. The summed E-state index contributed by atoms with van der Waals surface area (Å²) in [6, 6.07) is 3.38. The van der Waals surface area contributed by atoms with Gasteiger partial charge in [-0.15, -0.1) is 0 Å². The lowest BCUT2D eigenvalue weighted by Gasteiger charge is -2.12. The number of aryl methyl sites for hydroxylation is 2. The van der Waals surface area contributed by atoms with Gasteiger partial charge in [0.1, 0.15) is 6.04 Å². The maximum absolute atomic E-state index is 11.7. The van der Waals surface area contributed by atoms with Crippen LogP contribution in [0.15, 0.2) is 12.1 Å². The van der Waals surface area contributed by atoms with Gasteiger partial charge in [0.2, 0.25) is 5.91 Å². The van der Waals surface area contributed by atoms with E-state index in [4.69, 9.17) is 0 Å². The van der Waals surface area contributed by atoms with Crippen LogP contribution in [-0.4, -0.2) is 11.8 Å². The van der Waals surface area contributed by atoms with Crippen LogP contribution in [0, 0.1) is 13.8 Å². The summed E-state index contributed by atoms with van der Waals surface area (Å²) in [4.78, 5) is 22.8. The van der Waals surface area contributed by atoms with Crippen molar-refractivity contribution in [3.63, 3.8) is 0 Å². The molecule has 0 aromatic heterocycles. The monoisotopic (exact) mass is 218 g/mol. The first-order valence-corrected chi connectivity index (χ1v) is 5.18. The minimum atomic E-state index is -0.549. The number of rotatable bonds is 1. The molecule has 1 heterocycles. The molecule has 16 heavy (non-hydrogen) atoms. The predicted octanol–water partition coefficient (Wildman–Crippen LogP) is 1.43. The van der Waals surface area contributed by atoms with Crippen molar-refractivity contribution >= 4 is 17.5 Å². The van der Waals surface area contributed by atoms with Crippen molar-refractivity contribution in [1.82, 2.24) is 5.32 Å². The number of fused-ring (bicyclic) bond motifs is 1. The topological polar surface area (TPSA) is 58.2 Å². The van der Waals surface area contributed by atoms with Crippen molar-refractivity contribution in [1.29, 1.82) is 0 Å².